The van der Waals surface area contributed by atoms with E-state index in [9.17, 15) is 19.7 Å². The van der Waals surface area contributed by atoms with Crippen LogP contribution in [-0.2, 0) is 9.59 Å². The van der Waals surface area contributed by atoms with Crippen molar-refractivity contribution in [3.05, 3.63) is 34.4 Å². The van der Waals surface area contributed by atoms with E-state index in [1.165, 1.54) is 29.3 Å². The van der Waals surface area contributed by atoms with Gasteiger partial charge in [-0.05, 0) is 18.6 Å². The molecule has 8 nitrogen and oxygen atoms in total. The third-order valence-corrected chi connectivity index (χ3v) is 2.87. The minimum Gasteiger partial charge on any atom is -0.481 e. The second kappa shape index (κ2) is 4.92. The number of hydrogen-bond donors (Lipinski definition) is 2. The number of nitrogens with one attached hydrogen (secondary N) is 1. The lowest BCUT2D eigenvalue weighted by molar-refractivity contribution is -0.384. The van der Waals surface area contributed by atoms with Crippen LogP contribution in [0.25, 0.3) is 0 Å². The van der Waals surface area contributed by atoms with Crippen LogP contribution in [0, 0.1) is 16.0 Å². The van der Waals surface area contributed by atoms with Gasteiger partial charge >= 0.3 is 5.97 Å². The Bertz CT molecular complexity index is 528. The zero-order valence-electron chi connectivity index (χ0n) is 9.78. The van der Waals surface area contributed by atoms with Crippen molar-refractivity contribution in [1.82, 2.24) is 5.43 Å². The first-order chi connectivity index (χ1) is 8.99. The van der Waals surface area contributed by atoms with E-state index in [0.29, 0.717) is 12.2 Å². The van der Waals surface area contributed by atoms with Crippen molar-refractivity contribution in [2.24, 2.45) is 5.92 Å². The molecule has 8 heteroatoms. The van der Waals surface area contributed by atoms with Crippen molar-refractivity contribution in [1.29, 1.82) is 0 Å². The van der Waals surface area contributed by atoms with Crippen molar-refractivity contribution in [3.8, 4) is 0 Å². The number of amides is 1. The molecule has 100 valence electrons. The maximum absolute atomic E-state index is 11.6. The SMILES string of the molecule is O=C(O)C1CCN(c2ccc([N+](=O)[O-])cc2)NC1=O. The molecule has 0 aromatic heterocycles. The van der Waals surface area contributed by atoms with Crippen LogP contribution < -0.4 is 10.4 Å². The molecule has 1 aliphatic heterocycles. The Balaban J connectivity index is 2.10. The van der Waals surface area contributed by atoms with Crippen LogP contribution in [0.3, 0.4) is 0 Å². The highest BCUT2D eigenvalue weighted by Gasteiger charge is 2.32. The normalized spacial score (nSPS) is 18.8. The molecule has 19 heavy (non-hydrogen) atoms. The number of anilines is 1. The minimum atomic E-state index is -1.15. The van der Waals surface area contributed by atoms with Gasteiger partial charge in [-0.15, -0.1) is 0 Å². The summed E-state index contributed by atoms with van der Waals surface area (Å²) in [5.41, 5.74) is 2.98. The number of hydrogen-bond acceptors (Lipinski definition) is 5. The van der Waals surface area contributed by atoms with E-state index in [2.05, 4.69) is 5.43 Å². The summed E-state index contributed by atoms with van der Waals surface area (Å²) in [7, 11) is 0. The van der Waals surface area contributed by atoms with Crippen LogP contribution in [0.1, 0.15) is 6.42 Å². The number of carboxylic acids is 1. The van der Waals surface area contributed by atoms with Crippen LogP contribution >= 0.6 is 0 Å². The third kappa shape index (κ3) is 2.62. The van der Waals surface area contributed by atoms with Crippen LogP contribution in [-0.4, -0.2) is 28.5 Å². The van der Waals surface area contributed by atoms with Gasteiger partial charge in [-0.3, -0.25) is 30.1 Å². The largest absolute Gasteiger partial charge is 0.481 e. The average Bonchev–Trinajstić information content (AvgIpc) is 2.38. The third-order valence-electron chi connectivity index (χ3n) is 2.87. The molecular weight excluding hydrogens is 254 g/mol. The van der Waals surface area contributed by atoms with Gasteiger partial charge in [-0.1, -0.05) is 0 Å². The molecule has 0 bridgehead atoms. The molecule has 1 saturated heterocycles. The second-order valence-corrected chi connectivity index (χ2v) is 4.08. The summed E-state index contributed by atoms with van der Waals surface area (Å²) >= 11 is 0. The Kier molecular flexibility index (Phi) is 3.32. The smallest absolute Gasteiger partial charge is 0.316 e. The zero-order valence-corrected chi connectivity index (χ0v) is 9.78. The van der Waals surface area contributed by atoms with Crippen LogP contribution in [0.5, 0.6) is 0 Å². The number of nitro groups is 1. The molecule has 2 rings (SSSR count). The highest BCUT2D eigenvalue weighted by atomic mass is 16.6. The Morgan fingerprint density at radius 1 is 1.42 bits per heavy atom. The van der Waals surface area contributed by atoms with E-state index in [1.54, 1.807) is 0 Å². The first-order valence-corrected chi connectivity index (χ1v) is 5.54. The fourth-order valence-electron chi connectivity index (χ4n) is 1.84. The number of carbonyl (C=O) groups is 2. The van der Waals surface area contributed by atoms with E-state index in [1.807, 2.05) is 0 Å². The van der Waals surface area contributed by atoms with Gasteiger partial charge in [-0.25, -0.2) is 0 Å². The lowest BCUT2D eigenvalue weighted by Gasteiger charge is -2.31. The molecule has 1 unspecified atom stereocenters. The first kappa shape index (κ1) is 12.8. The number of nitrogens with zero attached hydrogens (tertiary/aromatic N) is 2. The predicted molar refractivity (Wildman–Crippen MR) is 64.3 cm³/mol. The molecule has 1 amide bonds. The van der Waals surface area contributed by atoms with Crippen molar-refractivity contribution in [2.75, 3.05) is 11.6 Å². The van der Waals surface area contributed by atoms with Crippen molar-refractivity contribution >= 4 is 23.3 Å². The van der Waals surface area contributed by atoms with Gasteiger partial charge < -0.3 is 5.11 Å². The lowest BCUT2D eigenvalue weighted by atomic mass is 10.0. The summed E-state index contributed by atoms with van der Waals surface area (Å²) in [6, 6.07) is 5.65. The van der Waals surface area contributed by atoms with Gasteiger partial charge in [0.15, 0.2) is 0 Å². The molecule has 1 heterocycles. The fourth-order valence-corrected chi connectivity index (χ4v) is 1.84. The van der Waals surface area contributed by atoms with E-state index in [0.717, 1.165) is 0 Å². The van der Waals surface area contributed by atoms with Crippen LogP contribution in [0.4, 0.5) is 11.4 Å². The molecule has 1 fully saturated rings. The number of nitro benzene ring substituents is 1. The summed E-state index contributed by atoms with van der Waals surface area (Å²) in [4.78, 5) is 32.3. The van der Waals surface area contributed by atoms with Crippen molar-refractivity contribution < 1.29 is 19.6 Å². The van der Waals surface area contributed by atoms with Crippen LogP contribution in [0.2, 0.25) is 0 Å². The molecule has 0 saturated carbocycles. The Morgan fingerprint density at radius 2 is 2.05 bits per heavy atom. The molecule has 1 aliphatic rings. The molecule has 0 radical (unpaired) electrons. The first-order valence-electron chi connectivity index (χ1n) is 5.54. The molecule has 2 N–H and O–H groups in total. The Labute approximate surface area is 107 Å². The van der Waals surface area contributed by atoms with Gasteiger partial charge in [0.25, 0.3) is 11.6 Å². The second-order valence-electron chi connectivity index (χ2n) is 4.08. The quantitative estimate of drug-likeness (QED) is 0.468. The summed E-state index contributed by atoms with van der Waals surface area (Å²) in [5, 5.41) is 20.8. The standard InChI is InChI=1S/C11H11N3O5/c15-10-9(11(16)17)5-6-13(12-10)7-1-3-8(4-2-7)14(18)19/h1-4,9H,5-6H2,(H,12,15)(H,16,17). The Morgan fingerprint density at radius 3 is 2.53 bits per heavy atom. The number of carboxylic acid groups (broad SMARTS) is 1. The summed E-state index contributed by atoms with van der Waals surface area (Å²) < 4.78 is 0. The topological polar surface area (TPSA) is 113 Å². The molecule has 0 spiro atoms. The number of benzene rings is 1. The van der Waals surface area contributed by atoms with E-state index >= 15 is 0 Å². The van der Waals surface area contributed by atoms with Crippen molar-refractivity contribution in [3.63, 3.8) is 0 Å². The maximum Gasteiger partial charge on any atom is 0.316 e. The van der Waals surface area contributed by atoms with Gasteiger partial charge in [0, 0.05) is 18.7 Å². The van der Waals surface area contributed by atoms with Gasteiger partial charge in [0.1, 0.15) is 5.92 Å². The average molecular weight is 265 g/mol. The van der Waals surface area contributed by atoms with Gasteiger partial charge in [0.05, 0.1) is 10.6 Å². The lowest BCUT2D eigenvalue weighted by Crippen LogP contribution is -2.53. The number of aliphatic carboxylic acids is 1. The van der Waals surface area contributed by atoms with E-state index < -0.39 is 22.7 Å². The summed E-state index contributed by atoms with van der Waals surface area (Å²) in [6.07, 6.45) is 0.193. The van der Waals surface area contributed by atoms with Gasteiger partial charge in [0.2, 0.25) is 0 Å². The number of hydrazine groups is 1. The molecule has 1 aromatic carbocycles. The van der Waals surface area contributed by atoms with Crippen LogP contribution in [0.15, 0.2) is 24.3 Å². The molecular formula is C11H11N3O5. The summed E-state index contributed by atoms with van der Waals surface area (Å²) in [6.45, 7) is 0.334. The predicted octanol–water partition coefficient (Wildman–Crippen LogP) is 0.537. The highest BCUT2D eigenvalue weighted by Crippen LogP contribution is 2.21. The minimum absolute atomic E-state index is 0.0458. The molecule has 1 aromatic rings. The summed E-state index contributed by atoms with van der Waals surface area (Å²) in [5.74, 6) is -2.78. The van der Waals surface area contributed by atoms with Gasteiger partial charge in [-0.2, -0.15) is 0 Å². The fraction of sp³-hybridized carbons (Fsp3) is 0.273. The molecule has 1 atom stereocenters. The number of rotatable bonds is 3. The maximum atomic E-state index is 11.6. The highest BCUT2D eigenvalue weighted by molar-refractivity contribution is 5.98. The Hall–Kier alpha value is -2.64. The number of non-ortho nitro benzene ring substituents is 1. The van der Waals surface area contributed by atoms with E-state index in [4.69, 9.17) is 5.11 Å². The van der Waals surface area contributed by atoms with Crippen molar-refractivity contribution in [2.45, 2.75) is 6.42 Å². The van der Waals surface area contributed by atoms with E-state index in [-0.39, 0.29) is 12.1 Å². The molecule has 0 aliphatic carbocycles. The number of carbonyl (C=O) groups excluding carboxylic acids is 1. The zero-order chi connectivity index (χ0) is 14.0. The monoisotopic (exact) mass is 265 g/mol.